The number of carbonyl (C=O) groups is 1. The molecule has 1 fully saturated rings. The van der Waals surface area contributed by atoms with E-state index >= 15 is 0 Å². The minimum Gasteiger partial charge on any atom is -0.481 e. The van der Waals surface area contributed by atoms with E-state index in [1.165, 1.54) is 5.56 Å². The minimum atomic E-state index is -0.742. The van der Waals surface area contributed by atoms with Gasteiger partial charge in [0.25, 0.3) is 0 Å². The lowest BCUT2D eigenvalue weighted by Crippen LogP contribution is -2.25. The topological polar surface area (TPSA) is 63.3 Å². The summed E-state index contributed by atoms with van der Waals surface area (Å²) in [4.78, 5) is 10.9. The third kappa shape index (κ3) is 3.07. The molecule has 1 aliphatic carbocycles. The molecule has 17 heavy (non-hydrogen) atoms. The number of aliphatic carboxylic acids is 1. The predicted octanol–water partition coefficient (Wildman–Crippen LogP) is 1.98. The van der Waals surface area contributed by atoms with E-state index in [2.05, 4.69) is 6.07 Å². The lowest BCUT2D eigenvalue weighted by molar-refractivity contribution is -0.141. The Morgan fingerprint density at radius 1 is 1.41 bits per heavy atom. The third-order valence-electron chi connectivity index (χ3n) is 3.50. The van der Waals surface area contributed by atoms with Crippen molar-refractivity contribution < 1.29 is 9.90 Å². The van der Waals surface area contributed by atoms with Crippen LogP contribution in [0, 0.1) is 5.92 Å². The molecule has 3 N–H and O–H groups in total. The molecule has 0 aliphatic heterocycles. The maximum absolute atomic E-state index is 10.9. The zero-order chi connectivity index (χ0) is 12.5. The first-order valence-electron chi connectivity index (χ1n) is 6.09. The van der Waals surface area contributed by atoms with Crippen LogP contribution >= 0.6 is 0 Å². The van der Waals surface area contributed by atoms with Crippen LogP contribution in [0.25, 0.3) is 0 Å². The lowest BCUT2D eigenvalue weighted by atomic mass is 9.93. The van der Waals surface area contributed by atoms with Crippen LogP contribution in [0.3, 0.4) is 0 Å². The van der Waals surface area contributed by atoms with Crippen LogP contribution in [0.4, 0.5) is 0 Å². The van der Waals surface area contributed by atoms with Gasteiger partial charge in [0, 0.05) is 5.54 Å². The number of rotatable bonds is 5. The molecule has 0 radical (unpaired) electrons. The molecule has 1 aromatic rings. The summed E-state index contributed by atoms with van der Waals surface area (Å²) in [5, 5.41) is 8.95. The number of carboxylic acids is 1. The lowest BCUT2D eigenvalue weighted by Gasteiger charge is -2.15. The average molecular weight is 233 g/mol. The standard InChI is InChI=1S/C14H19NO2/c1-10(13(16)17)8-11-4-2-3-5-12(11)9-14(15)6-7-14/h2-5,10H,6-9,15H2,1H3,(H,16,17). The first-order chi connectivity index (χ1) is 8.00. The second-order valence-corrected chi connectivity index (χ2v) is 5.25. The van der Waals surface area contributed by atoms with Crippen molar-refractivity contribution in [2.24, 2.45) is 11.7 Å². The fourth-order valence-electron chi connectivity index (χ4n) is 2.06. The molecule has 92 valence electrons. The fourth-order valence-corrected chi connectivity index (χ4v) is 2.06. The van der Waals surface area contributed by atoms with Gasteiger partial charge in [-0.1, -0.05) is 31.2 Å². The molecular weight excluding hydrogens is 214 g/mol. The van der Waals surface area contributed by atoms with Gasteiger partial charge in [-0.15, -0.1) is 0 Å². The SMILES string of the molecule is CC(Cc1ccccc1CC1(N)CC1)C(=O)O. The van der Waals surface area contributed by atoms with Gasteiger partial charge < -0.3 is 10.8 Å². The average Bonchev–Trinajstić information content (AvgIpc) is 2.99. The molecule has 0 amide bonds. The minimum absolute atomic E-state index is 0.0252. The number of hydrogen-bond donors (Lipinski definition) is 2. The van der Waals surface area contributed by atoms with Crippen LogP contribution in [0.1, 0.15) is 30.9 Å². The molecule has 2 rings (SSSR count). The highest BCUT2D eigenvalue weighted by atomic mass is 16.4. The zero-order valence-corrected chi connectivity index (χ0v) is 10.1. The van der Waals surface area contributed by atoms with Crippen LogP contribution in [-0.4, -0.2) is 16.6 Å². The molecule has 1 unspecified atom stereocenters. The summed E-state index contributed by atoms with van der Waals surface area (Å²) in [6.07, 6.45) is 3.61. The molecule has 0 saturated heterocycles. The predicted molar refractivity (Wildman–Crippen MR) is 66.8 cm³/mol. The van der Waals surface area contributed by atoms with Gasteiger partial charge in [0.1, 0.15) is 0 Å². The molecule has 0 heterocycles. The Bertz CT molecular complexity index is 424. The fraction of sp³-hybridized carbons (Fsp3) is 0.500. The van der Waals surface area contributed by atoms with Crippen LogP contribution in [0.15, 0.2) is 24.3 Å². The zero-order valence-electron chi connectivity index (χ0n) is 10.1. The van der Waals surface area contributed by atoms with Gasteiger partial charge in [-0.05, 0) is 36.8 Å². The van der Waals surface area contributed by atoms with Gasteiger partial charge in [0.15, 0.2) is 0 Å². The van der Waals surface area contributed by atoms with Crippen LogP contribution in [0.2, 0.25) is 0 Å². The van der Waals surface area contributed by atoms with Gasteiger partial charge in [-0.2, -0.15) is 0 Å². The van der Waals surface area contributed by atoms with E-state index in [9.17, 15) is 4.79 Å². The summed E-state index contributed by atoms with van der Waals surface area (Å²) in [5.41, 5.74) is 8.43. The molecule has 1 aliphatic rings. The van der Waals surface area contributed by atoms with Crippen molar-refractivity contribution >= 4 is 5.97 Å². The van der Waals surface area contributed by atoms with E-state index in [-0.39, 0.29) is 11.5 Å². The Balaban J connectivity index is 2.12. The smallest absolute Gasteiger partial charge is 0.306 e. The highest BCUT2D eigenvalue weighted by Crippen LogP contribution is 2.36. The Morgan fingerprint density at radius 3 is 2.53 bits per heavy atom. The van der Waals surface area contributed by atoms with Crippen molar-refractivity contribution in [3.05, 3.63) is 35.4 Å². The number of benzene rings is 1. The maximum Gasteiger partial charge on any atom is 0.306 e. The first-order valence-corrected chi connectivity index (χ1v) is 6.09. The van der Waals surface area contributed by atoms with Crippen LogP contribution in [0.5, 0.6) is 0 Å². The molecule has 0 spiro atoms. The summed E-state index contributed by atoms with van der Waals surface area (Å²) < 4.78 is 0. The Kier molecular flexibility index (Phi) is 3.20. The van der Waals surface area contributed by atoms with E-state index in [1.54, 1.807) is 6.92 Å². The van der Waals surface area contributed by atoms with Gasteiger partial charge >= 0.3 is 5.97 Å². The summed E-state index contributed by atoms with van der Waals surface area (Å²) in [5.74, 6) is -1.09. The van der Waals surface area contributed by atoms with E-state index in [1.807, 2.05) is 18.2 Å². The van der Waals surface area contributed by atoms with Gasteiger partial charge in [-0.25, -0.2) is 0 Å². The van der Waals surface area contributed by atoms with Crippen LogP contribution in [-0.2, 0) is 17.6 Å². The Labute approximate surface area is 102 Å². The van der Waals surface area contributed by atoms with Crippen molar-refractivity contribution in [1.82, 2.24) is 0 Å². The molecule has 1 aromatic carbocycles. The second kappa shape index (κ2) is 4.49. The molecular formula is C14H19NO2. The van der Waals surface area contributed by atoms with E-state index in [0.29, 0.717) is 6.42 Å². The summed E-state index contributed by atoms with van der Waals surface area (Å²) in [6, 6.07) is 8.04. The number of nitrogens with two attached hydrogens (primary N) is 1. The summed E-state index contributed by atoms with van der Waals surface area (Å²) in [7, 11) is 0. The Morgan fingerprint density at radius 2 is 2.00 bits per heavy atom. The van der Waals surface area contributed by atoms with Gasteiger partial charge in [-0.3, -0.25) is 4.79 Å². The van der Waals surface area contributed by atoms with Crippen molar-refractivity contribution in [1.29, 1.82) is 0 Å². The quantitative estimate of drug-likeness (QED) is 0.817. The molecule has 3 heteroatoms. The summed E-state index contributed by atoms with van der Waals surface area (Å²) >= 11 is 0. The molecule has 0 aromatic heterocycles. The van der Waals surface area contributed by atoms with Gasteiger partial charge in [0.05, 0.1) is 5.92 Å². The monoisotopic (exact) mass is 233 g/mol. The van der Waals surface area contributed by atoms with Crippen molar-refractivity contribution in [2.75, 3.05) is 0 Å². The highest BCUT2D eigenvalue weighted by Gasteiger charge is 2.38. The van der Waals surface area contributed by atoms with Crippen molar-refractivity contribution in [3.63, 3.8) is 0 Å². The number of carboxylic acid groups (broad SMARTS) is 1. The summed E-state index contributed by atoms with van der Waals surface area (Å²) in [6.45, 7) is 1.74. The molecule has 1 atom stereocenters. The Hall–Kier alpha value is -1.35. The molecule has 0 bridgehead atoms. The highest BCUT2D eigenvalue weighted by molar-refractivity contribution is 5.70. The normalized spacial score (nSPS) is 18.7. The third-order valence-corrected chi connectivity index (χ3v) is 3.50. The first kappa shape index (κ1) is 12.1. The van der Waals surface area contributed by atoms with Crippen molar-refractivity contribution in [3.8, 4) is 0 Å². The largest absolute Gasteiger partial charge is 0.481 e. The number of hydrogen-bond acceptors (Lipinski definition) is 2. The molecule has 3 nitrogen and oxygen atoms in total. The molecule has 1 saturated carbocycles. The van der Waals surface area contributed by atoms with Crippen LogP contribution < -0.4 is 5.73 Å². The van der Waals surface area contributed by atoms with E-state index in [4.69, 9.17) is 10.8 Å². The van der Waals surface area contributed by atoms with E-state index < -0.39 is 5.97 Å². The second-order valence-electron chi connectivity index (χ2n) is 5.25. The van der Waals surface area contributed by atoms with Gasteiger partial charge in [0.2, 0.25) is 0 Å². The van der Waals surface area contributed by atoms with E-state index in [0.717, 1.165) is 24.8 Å². The maximum atomic E-state index is 10.9. The van der Waals surface area contributed by atoms with Crippen molar-refractivity contribution in [2.45, 2.75) is 38.1 Å².